The van der Waals surface area contributed by atoms with Crippen LogP contribution < -0.4 is 4.74 Å². The van der Waals surface area contributed by atoms with Crippen molar-refractivity contribution < 1.29 is 19.0 Å². The van der Waals surface area contributed by atoms with E-state index in [1.165, 1.54) is 18.2 Å². The maximum absolute atomic E-state index is 12.9. The fraction of sp³-hybridized carbons (Fsp3) is 0.0833. The van der Waals surface area contributed by atoms with Crippen molar-refractivity contribution in [2.75, 3.05) is 6.61 Å². The number of rotatable bonds is 3. The molecule has 0 aromatic heterocycles. The minimum absolute atomic E-state index is 0.200. The molecule has 0 aliphatic rings. The summed E-state index contributed by atoms with van der Waals surface area (Å²) >= 11 is 0. The standard InChI is InChI=1S/C12H9FO3/c1-2-7-16-11-8-10(13)5-3-9(11)4-6-12(14)15/h2-3,5,8H,1,7H2,(H,14,15). The maximum Gasteiger partial charge on any atom is 0.382 e. The number of hydrogen-bond donors (Lipinski definition) is 1. The van der Waals surface area contributed by atoms with Gasteiger partial charge in [-0.05, 0) is 12.1 Å². The van der Waals surface area contributed by atoms with Crippen LogP contribution in [0.25, 0.3) is 0 Å². The molecule has 0 saturated carbocycles. The second kappa shape index (κ2) is 5.56. The monoisotopic (exact) mass is 220 g/mol. The lowest BCUT2D eigenvalue weighted by Crippen LogP contribution is -1.96. The summed E-state index contributed by atoms with van der Waals surface area (Å²) in [6, 6.07) is 3.70. The lowest BCUT2D eigenvalue weighted by atomic mass is 10.2. The van der Waals surface area contributed by atoms with E-state index in [1.807, 2.05) is 5.92 Å². The van der Waals surface area contributed by atoms with Crippen LogP contribution in [0.15, 0.2) is 30.9 Å². The molecule has 0 fully saturated rings. The summed E-state index contributed by atoms with van der Waals surface area (Å²) in [4.78, 5) is 10.3. The Bertz CT molecular complexity index is 469. The summed E-state index contributed by atoms with van der Waals surface area (Å²) in [5, 5.41) is 8.39. The highest BCUT2D eigenvalue weighted by molar-refractivity contribution is 5.87. The van der Waals surface area contributed by atoms with Gasteiger partial charge in [-0.15, -0.1) is 0 Å². The fourth-order valence-corrected chi connectivity index (χ4v) is 0.988. The van der Waals surface area contributed by atoms with Crippen LogP contribution in [0.2, 0.25) is 0 Å². The summed E-state index contributed by atoms with van der Waals surface area (Å²) in [5.41, 5.74) is 0.325. The minimum atomic E-state index is -1.25. The van der Waals surface area contributed by atoms with Crippen LogP contribution in [0.4, 0.5) is 4.39 Å². The molecule has 0 radical (unpaired) electrons. The van der Waals surface area contributed by atoms with Gasteiger partial charge in [0.05, 0.1) is 5.56 Å². The Kier molecular flexibility index (Phi) is 4.10. The molecule has 0 bridgehead atoms. The molecule has 0 heterocycles. The number of aliphatic carboxylic acids is 1. The van der Waals surface area contributed by atoms with E-state index >= 15 is 0 Å². The first kappa shape index (κ1) is 11.8. The lowest BCUT2D eigenvalue weighted by molar-refractivity contribution is -0.130. The van der Waals surface area contributed by atoms with E-state index in [9.17, 15) is 9.18 Å². The molecule has 4 heteroatoms. The first-order chi connectivity index (χ1) is 7.63. The zero-order valence-corrected chi connectivity index (χ0v) is 8.37. The Morgan fingerprint density at radius 1 is 1.62 bits per heavy atom. The van der Waals surface area contributed by atoms with Crippen LogP contribution in [0.3, 0.4) is 0 Å². The fourth-order valence-electron chi connectivity index (χ4n) is 0.988. The minimum Gasteiger partial charge on any atom is -0.488 e. The molecule has 1 N–H and O–H groups in total. The van der Waals surface area contributed by atoms with Gasteiger partial charge in [0.1, 0.15) is 18.2 Å². The third-order valence-electron chi connectivity index (χ3n) is 1.60. The Morgan fingerprint density at radius 2 is 2.38 bits per heavy atom. The third-order valence-corrected chi connectivity index (χ3v) is 1.60. The van der Waals surface area contributed by atoms with Gasteiger partial charge in [-0.2, -0.15) is 0 Å². The molecule has 1 rings (SSSR count). The second-order valence-corrected chi connectivity index (χ2v) is 2.80. The van der Waals surface area contributed by atoms with E-state index in [2.05, 4.69) is 12.5 Å². The van der Waals surface area contributed by atoms with E-state index in [-0.39, 0.29) is 12.4 Å². The molecule has 3 nitrogen and oxygen atoms in total. The smallest absolute Gasteiger partial charge is 0.382 e. The molecule has 16 heavy (non-hydrogen) atoms. The molecule has 82 valence electrons. The van der Waals surface area contributed by atoms with Gasteiger partial charge in [-0.1, -0.05) is 18.6 Å². The van der Waals surface area contributed by atoms with Crippen molar-refractivity contribution in [3.05, 3.63) is 42.2 Å². The average Bonchev–Trinajstić information content (AvgIpc) is 2.24. The van der Waals surface area contributed by atoms with Crippen molar-refractivity contribution in [3.63, 3.8) is 0 Å². The van der Waals surface area contributed by atoms with Crippen LogP contribution in [-0.2, 0) is 4.79 Å². The molecule has 0 saturated heterocycles. The van der Waals surface area contributed by atoms with Gasteiger partial charge >= 0.3 is 5.97 Å². The predicted octanol–water partition coefficient (Wildman–Crippen LogP) is 1.83. The topological polar surface area (TPSA) is 46.5 Å². The number of halogens is 1. The number of carbonyl (C=O) groups is 1. The summed E-state index contributed by atoms with van der Waals surface area (Å²) in [7, 11) is 0. The molecular formula is C12H9FO3. The Hall–Kier alpha value is -2.28. The van der Waals surface area contributed by atoms with Gasteiger partial charge in [0, 0.05) is 12.0 Å². The van der Waals surface area contributed by atoms with Crippen molar-refractivity contribution >= 4 is 5.97 Å². The van der Waals surface area contributed by atoms with Crippen LogP contribution in [0.1, 0.15) is 5.56 Å². The van der Waals surface area contributed by atoms with Crippen molar-refractivity contribution in [1.29, 1.82) is 0 Å². The number of carboxylic acid groups (broad SMARTS) is 1. The Morgan fingerprint density at radius 3 is 3.00 bits per heavy atom. The quantitative estimate of drug-likeness (QED) is 0.624. The van der Waals surface area contributed by atoms with E-state index in [4.69, 9.17) is 9.84 Å². The maximum atomic E-state index is 12.9. The van der Waals surface area contributed by atoms with Crippen molar-refractivity contribution in [3.8, 4) is 17.6 Å². The molecule has 1 aromatic rings. The van der Waals surface area contributed by atoms with Crippen molar-refractivity contribution in [1.82, 2.24) is 0 Å². The van der Waals surface area contributed by atoms with Crippen LogP contribution >= 0.6 is 0 Å². The normalized spacial score (nSPS) is 8.81. The van der Waals surface area contributed by atoms with Gasteiger partial charge < -0.3 is 9.84 Å². The molecule has 1 aromatic carbocycles. The molecule has 0 aliphatic heterocycles. The highest BCUT2D eigenvalue weighted by Gasteiger charge is 2.03. The lowest BCUT2D eigenvalue weighted by Gasteiger charge is -2.05. The summed E-state index contributed by atoms with van der Waals surface area (Å²) in [6.07, 6.45) is 1.50. The summed E-state index contributed by atoms with van der Waals surface area (Å²) in [6.45, 7) is 3.65. The largest absolute Gasteiger partial charge is 0.488 e. The highest BCUT2D eigenvalue weighted by Crippen LogP contribution is 2.18. The Balaban J connectivity index is 3.03. The number of hydrogen-bond acceptors (Lipinski definition) is 2. The van der Waals surface area contributed by atoms with Crippen LogP contribution in [-0.4, -0.2) is 17.7 Å². The summed E-state index contributed by atoms with van der Waals surface area (Å²) < 4.78 is 18.0. The van der Waals surface area contributed by atoms with E-state index in [0.717, 1.165) is 6.07 Å². The number of carboxylic acids is 1. The molecule has 0 spiro atoms. The highest BCUT2D eigenvalue weighted by atomic mass is 19.1. The predicted molar refractivity (Wildman–Crippen MR) is 56.6 cm³/mol. The zero-order valence-electron chi connectivity index (χ0n) is 8.37. The van der Waals surface area contributed by atoms with E-state index < -0.39 is 11.8 Å². The van der Waals surface area contributed by atoms with E-state index in [0.29, 0.717) is 5.56 Å². The van der Waals surface area contributed by atoms with Crippen LogP contribution in [0, 0.1) is 17.7 Å². The average molecular weight is 220 g/mol. The second-order valence-electron chi connectivity index (χ2n) is 2.80. The number of ether oxygens (including phenoxy) is 1. The molecule has 0 unspecified atom stereocenters. The molecule has 0 atom stereocenters. The van der Waals surface area contributed by atoms with Gasteiger partial charge in [-0.25, -0.2) is 9.18 Å². The van der Waals surface area contributed by atoms with Gasteiger partial charge in [0.2, 0.25) is 0 Å². The van der Waals surface area contributed by atoms with E-state index in [1.54, 1.807) is 0 Å². The zero-order chi connectivity index (χ0) is 12.0. The SMILES string of the molecule is C=CCOc1cc(F)ccc1C#CC(=O)O. The van der Waals surface area contributed by atoms with Gasteiger partial charge in [-0.3, -0.25) is 0 Å². The van der Waals surface area contributed by atoms with Crippen molar-refractivity contribution in [2.45, 2.75) is 0 Å². The van der Waals surface area contributed by atoms with Crippen LogP contribution in [0.5, 0.6) is 5.75 Å². The molecule has 0 amide bonds. The third kappa shape index (κ3) is 3.46. The molecular weight excluding hydrogens is 211 g/mol. The van der Waals surface area contributed by atoms with Crippen molar-refractivity contribution in [2.24, 2.45) is 0 Å². The first-order valence-corrected chi connectivity index (χ1v) is 4.41. The van der Waals surface area contributed by atoms with Gasteiger partial charge in [0.25, 0.3) is 0 Å². The summed E-state index contributed by atoms with van der Waals surface area (Å²) in [5.74, 6) is 2.79. The Labute approximate surface area is 92.2 Å². The first-order valence-electron chi connectivity index (χ1n) is 4.41. The molecule has 0 aliphatic carbocycles. The number of benzene rings is 1. The van der Waals surface area contributed by atoms with Gasteiger partial charge in [0.15, 0.2) is 0 Å².